The van der Waals surface area contributed by atoms with E-state index < -0.39 is 5.97 Å². The molecular formula is C18H26N2O5. The van der Waals surface area contributed by atoms with Crippen LogP contribution in [-0.4, -0.2) is 59.0 Å². The van der Waals surface area contributed by atoms with Gasteiger partial charge in [0, 0.05) is 26.3 Å². The Morgan fingerprint density at radius 2 is 2.28 bits per heavy atom. The Balaban J connectivity index is 1.43. The summed E-state index contributed by atoms with van der Waals surface area (Å²) < 4.78 is 17.4. The molecule has 3 fully saturated rings. The molecule has 1 aromatic rings. The van der Waals surface area contributed by atoms with Crippen molar-refractivity contribution in [2.45, 2.75) is 62.8 Å². The van der Waals surface area contributed by atoms with Gasteiger partial charge in [-0.25, -0.2) is 9.78 Å². The maximum absolute atomic E-state index is 11.0. The number of hydrogen-bond donors (Lipinski definition) is 1. The van der Waals surface area contributed by atoms with Crippen LogP contribution >= 0.6 is 0 Å². The van der Waals surface area contributed by atoms with E-state index in [1.165, 1.54) is 19.1 Å². The van der Waals surface area contributed by atoms with Gasteiger partial charge in [0.2, 0.25) is 5.89 Å². The minimum Gasteiger partial charge on any atom is -0.476 e. The van der Waals surface area contributed by atoms with Crippen LogP contribution in [0.2, 0.25) is 0 Å². The highest BCUT2D eigenvalue weighted by Gasteiger charge is 2.51. The van der Waals surface area contributed by atoms with Crippen molar-refractivity contribution >= 4 is 5.97 Å². The molecule has 3 atom stereocenters. The fraction of sp³-hybridized carbons (Fsp3) is 0.778. The van der Waals surface area contributed by atoms with E-state index in [1.807, 2.05) is 0 Å². The second-order valence-electron chi connectivity index (χ2n) is 7.61. The van der Waals surface area contributed by atoms with Crippen LogP contribution in [0, 0.1) is 5.92 Å². The van der Waals surface area contributed by atoms with Gasteiger partial charge in [-0.05, 0) is 44.4 Å². The molecule has 2 aliphatic carbocycles. The lowest BCUT2D eigenvalue weighted by molar-refractivity contribution is -0.103. The second kappa shape index (κ2) is 6.70. The van der Waals surface area contributed by atoms with Crippen molar-refractivity contribution in [1.82, 2.24) is 9.88 Å². The van der Waals surface area contributed by atoms with Crippen LogP contribution in [0.15, 0.2) is 10.7 Å². The highest BCUT2D eigenvalue weighted by atomic mass is 16.5. The molecule has 7 heteroatoms. The molecule has 0 radical (unpaired) electrons. The van der Waals surface area contributed by atoms with Gasteiger partial charge in [0.25, 0.3) is 0 Å². The Labute approximate surface area is 147 Å². The Bertz CT molecular complexity index is 629. The van der Waals surface area contributed by atoms with E-state index in [0.29, 0.717) is 12.4 Å². The molecule has 0 unspecified atom stereocenters. The van der Waals surface area contributed by atoms with E-state index in [1.54, 1.807) is 7.11 Å². The molecule has 25 heavy (non-hydrogen) atoms. The third kappa shape index (κ3) is 3.45. The van der Waals surface area contributed by atoms with Crippen molar-refractivity contribution in [2.75, 3.05) is 20.3 Å². The molecule has 1 aliphatic heterocycles. The first kappa shape index (κ1) is 17.0. The third-order valence-electron chi connectivity index (χ3n) is 6.03. The summed E-state index contributed by atoms with van der Waals surface area (Å²) in [5.41, 5.74) is -0.164. The summed E-state index contributed by atoms with van der Waals surface area (Å²) in [5, 5.41) is 9.00. The molecule has 1 N–H and O–H groups in total. The quantitative estimate of drug-likeness (QED) is 0.807. The standard InChI is InChI=1S/C18H26N2O5/c1-23-18-5-4-13(24-10-12-2-3-12)8-15(18)20(7-6-18)9-16-19-14(11-25-16)17(21)22/h11-13,15H,2-10H2,1H3,(H,21,22)/t13-,15+,18-/m1/s1. The van der Waals surface area contributed by atoms with Crippen LogP contribution < -0.4 is 0 Å². The number of likely N-dealkylation sites (tertiary alicyclic amines) is 1. The molecule has 2 saturated carbocycles. The lowest BCUT2D eigenvalue weighted by Gasteiger charge is -2.43. The van der Waals surface area contributed by atoms with Crippen LogP contribution in [0.1, 0.15) is 54.9 Å². The topological polar surface area (TPSA) is 85.0 Å². The molecule has 138 valence electrons. The normalized spacial score (nSPS) is 32.7. The summed E-state index contributed by atoms with van der Waals surface area (Å²) in [6.07, 6.45) is 8.09. The zero-order valence-corrected chi connectivity index (χ0v) is 14.6. The lowest BCUT2D eigenvalue weighted by Crippen LogP contribution is -2.51. The number of carboxylic acids is 1. The van der Waals surface area contributed by atoms with Gasteiger partial charge in [-0.3, -0.25) is 4.90 Å². The van der Waals surface area contributed by atoms with Crippen molar-refractivity contribution in [3.05, 3.63) is 17.8 Å². The first-order valence-corrected chi connectivity index (χ1v) is 9.18. The second-order valence-corrected chi connectivity index (χ2v) is 7.61. The Morgan fingerprint density at radius 3 is 2.96 bits per heavy atom. The van der Waals surface area contributed by atoms with Gasteiger partial charge in [0.1, 0.15) is 6.26 Å². The highest BCUT2D eigenvalue weighted by Crippen LogP contribution is 2.44. The van der Waals surface area contributed by atoms with Crippen molar-refractivity contribution in [1.29, 1.82) is 0 Å². The lowest BCUT2D eigenvalue weighted by atomic mass is 9.79. The van der Waals surface area contributed by atoms with Crippen LogP contribution in [-0.2, 0) is 16.0 Å². The fourth-order valence-corrected chi connectivity index (χ4v) is 4.31. The number of aromatic nitrogens is 1. The van der Waals surface area contributed by atoms with Gasteiger partial charge < -0.3 is 19.0 Å². The molecule has 0 bridgehead atoms. The average molecular weight is 350 g/mol. The van der Waals surface area contributed by atoms with Crippen LogP contribution in [0.3, 0.4) is 0 Å². The number of fused-ring (bicyclic) bond motifs is 1. The van der Waals surface area contributed by atoms with Crippen molar-refractivity contribution in [2.24, 2.45) is 5.92 Å². The van der Waals surface area contributed by atoms with E-state index in [2.05, 4.69) is 9.88 Å². The maximum Gasteiger partial charge on any atom is 0.357 e. The first-order valence-electron chi connectivity index (χ1n) is 9.18. The summed E-state index contributed by atoms with van der Waals surface area (Å²) in [5.74, 6) is 0.162. The number of hydrogen-bond acceptors (Lipinski definition) is 6. The van der Waals surface area contributed by atoms with E-state index in [0.717, 1.165) is 44.8 Å². The van der Waals surface area contributed by atoms with Gasteiger partial charge in [-0.1, -0.05) is 0 Å². The minimum absolute atomic E-state index is 0.0403. The predicted octanol–water partition coefficient (Wildman–Crippen LogP) is 2.31. The zero-order chi connectivity index (χ0) is 17.4. The number of carboxylic acid groups (broad SMARTS) is 1. The summed E-state index contributed by atoms with van der Waals surface area (Å²) >= 11 is 0. The Kier molecular flexibility index (Phi) is 4.56. The summed E-state index contributed by atoms with van der Waals surface area (Å²) in [4.78, 5) is 17.4. The van der Waals surface area contributed by atoms with Crippen molar-refractivity contribution in [3.63, 3.8) is 0 Å². The molecular weight excluding hydrogens is 324 g/mol. The van der Waals surface area contributed by atoms with Crippen molar-refractivity contribution < 1.29 is 23.8 Å². The summed E-state index contributed by atoms with van der Waals surface area (Å²) in [6.45, 7) is 2.30. The highest BCUT2D eigenvalue weighted by molar-refractivity contribution is 5.84. The number of aromatic carboxylic acids is 1. The number of carbonyl (C=O) groups is 1. The predicted molar refractivity (Wildman–Crippen MR) is 88.3 cm³/mol. The summed E-state index contributed by atoms with van der Waals surface area (Å²) in [7, 11) is 1.80. The number of oxazole rings is 1. The smallest absolute Gasteiger partial charge is 0.357 e. The molecule has 1 aromatic heterocycles. The van der Waals surface area contributed by atoms with Gasteiger partial charge >= 0.3 is 5.97 Å². The van der Waals surface area contributed by atoms with Crippen LogP contribution in [0.4, 0.5) is 0 Å². The van der Waals surface area contributed by atoms with Gasteiger partial charge in [-0.15, -0.1) is 0 Å². The van der Waals surface area contributed by atoms with Crippen LogP contribution in [0.25, 0.3) is 0 Å². The largest absolute Gasteiger partial charge is 0.476 e. The number of nitrogens with zero attached hydrogens (tertiary/aromatic N) is 2. The molecule has 7 nitrogen and oxygen atoms in total. The van der Waals surface area contributed by atoms with E-state index in [-0.39, 0.29) is 23.4 Å². The van der Waals surface area contributed by atoms with E-state index >= 15 is 0 Å². The van der Waals surface area contributed by atoms with Crippen LogP contribution in [0.5, 0.6) is 0 Å². The minimum atomic E-state index is -1.06. The summed E-state index contributed by atoms with van der Waals surface area (Å²) in [6, 6.07) is 0.260. The Hall–Kier alpha value is -1.44. The molecule has 0 spiro atoms. The zero-order valence-electron chi connectivity index (χ0n) is 14.6. The molecule has 0 aromatic carbocycles. The molecule has 1 saturated heterocycles. The molecule has 4 rings (SSSR count). The maximum atomic E-state index is 11.0. The number of ether oxygens (including phenoxy) is 2. The Morgan fingerprint density at radius 1 is 1.44 bits per heavy atom. The SMILES string of the molecule is CO[C@@]12CC[C@@H](OCC3CC3)C[C@@H]1N(Cc1nc(C(=O)O)co1)CC2. The molecule has 0 amide bonds. The van der Waals surface area contributed by atoms with E-state index in [9.17, 15) is 4.79 Å². The first-order chi connectivity index (χ1) is 12.1. The molecule has 2 heterocycles. The van der Waals surface area contributed by atoms with Gasteiger partial charge in [0.05, 0.1) is 18.2 Å². The fourth-order valence-electron chi connectivity index (χ4n) is 4.31. The van der Waals surface area contributed by atoms with Gasteiger partial charge in [0.15, 0.2) is 5.69 Å². The van der Waals surface area contributed by atoms with Gasteiger partial charge in [-0.2, -0.15) is 0 Å². The van der Waals surface area contributed by atoms with E-state index in [4.69, 9.17) is 19.0 Å². The van der Waals surface area contributed by atoms with Crippen molar-refractivity contribution in [3.8, 4) is 0 Å². The number of rotatable bonds is 7. The molecule has 3 aliphatic rings. The third-order valence-corrected chi connectivity index (χ3v) is 6.03. The monoisotopic (exact) mass is 350 g/mol. The number of methoxy groups -OCH3 is 1. The average Bonchev–Trinajstić information content (AvgIpc) is 3.21.